The molecule has 0 saturated carbocycles. The Morgan fingerprint density at radius 1 is 1.53 bits per heavy atom. The summed E-state index contributed by atoms with van der Waals surface area (Å²) < 4.78 is 2.00. The molecule has 0 fully saturated rings. The molecule has 6 nitrogen and oxygen atoms in total. The Morgan fingerprint density at radius 3 is 3.05 bits per heavy atom. The summed E-state index contributed by atoms with van der Waals surface area (Å²) in [6.07, 6.45) is 11.2. The second-order valence-corrected chi connectivity index (χ2v) is 4.51. The molecule has 0 spiro atoms. The van der Waals surface area contributed by atoms with E-state index in [0.717, 1.165) is 18.5 Å². The molecule has 0 aromatic carbocycles. The highest BCUT2D eigenvalue weighted by Gasteiger charge is 2.14. The highest BCUT2D eigenvalue weighted by Crippen LogP contribution is 2.17. The first-order valence-electron chi connectivity index (χ1n) is 6.51. The fraction of sp³-hybridized carbons (Fsp3) is 0.462. The molecule has 102 valence electrons. The fourth-order valence-electron chi connectivity index (χ4n) is 2.04. The third-order valence-corrected chi connectivity index (χ3v) is 3.02. The number of hydrogen-bond acceptors (Lipinski definition) is 3. The van der Waals surface area contributed by atoms with E-state index in [1.54, 1.807) is 25.0 Å². The maximum absolute atomic E-state index is 11.9. The number of H-pyrrole nitrogens is 1. The lowest BCUT2D eigenvalue weighted by Crippen LogP contribution is -2.26. The van der Waals surface area contributed by atoms with Gasteiger partial charge in [-0.25, -0.2) is 9.97 Å². The van der Waals surface area contributed by atoms with E-state index in [9.17, 15) is 4.79 Å². The van der Waals surface area contributed by atoms with Crippen molar-refractivity contribution in [3.63, 3.8) is 0 Å². The maximum Gasteiger partial charge on any atom is 0.222 e. The number of nitrogens with zero attached hydrogens (tertiary/aromatic N) is 3. The molecule has 0 aliphatic heterocycles. The summed E-state index contributed by atoms with van der Waals surface area (Å²) in [6.45, 7) is 2.61. The zero-order valence-electron chi connectivity index (χ0n) is 11.0. The third kappa shape index (κ3) is 3.94. The van der Waals surface area contributed by atoms with E-state index < -0.39 is 0 Å². The highest BCUT2D eigenvalue weighted by atomic mass is 16.1. The highest BCUT2D eigenvalue weighted by molar-refractivity contribution is 5.76. The fourth-order valence-corrected chi connectivity index (χ4v) is 2.04. The molecule has 1 unspecified atom stereocenters. The number of imidazole rings is 2. The van der Waals surface area contributed by atoms with Crippen molar-refractivity contribution in [1.29, 1.82) is 0 Å². The van der Waals surface area contributed by atoms with Crippen LogP contribution >= 0.6 is 0 Å². The number of nitrogens with one attached hydrogen (secondary N) is 2. The predicted octanol–water partition coefficient (Wildman–Crippen LogP) is 1.65. The third-order valence-electron chi connectivity index (χ3n) is 3.02. The molecule has 2 aromatic heterocycles. The molecule has 6 heteroatoms. The van der Waals surface area contributed by atoms with Crippen LogP contribution in [-0.4, -0.2) is 25.4 Å². The van der Waals surface area contributed by atoms with Gasteiger partial charge in [0.2, 0.25) is 5.91 Å². The Morgan fingerprint density at radius 2 is 2.42 bits per heavy atom. The number of rotatable bonds is 7. The van der Waals surface area contributed by atoms with Crippen LogP contribution in [0.3, 0.4) is 0 Å². The number of amides is 1. The second kappa shape index (κ2) is 6.72. The van der Waals surface area contributed by atoms with Gasteiger partial charge in [0.25, 0.3) is 0 Å². The van der Waals surface area contributed by atoms with Crippen molar-refractivity contribution in [3.8, 4) is 0 Å². The molecule has 0 aliphatic carbocycles. The van der Waals surface area contributed by atoms with Gasteiger partial charge in [-0.15, -0.1) is 0 Å². The first-order chi connectivity index (χ1) is 9.29. The molecule has 19 heavy (non-hydrogen) atoms. The average molecular weight is 261 g/mol. The molecule has 2 rings (SSSR count). The van der Waals surface area contributed by atoms with E-state index >= 15 is 0 Å². The van der Waals surface area contributed by atoms with Crippen molar-refractivity contribution in [3.05, 3.63) is 36.9 Å². The van der Waals surface area contributed by atoms with Crippen LogP contribution in [0.5, 0.6) is 0 Å². The number of aromatic amines is 1. The average Bonchev–Trinajstić information content (AvgIpc) is 3.09. The normalized spacial score (nSPS) is 12.3. The largest absolute Gasteiger partial charge is 0.350 e. The molecule has 1 atom stereocenters. The Bertz CT molecular complexity index is 477. The van der Waals surface area contributed by atoms with Gasteiger partial charge in [0.05, 0.1) is 24.9 Å². The first-order valence-corrected chi connectivity index (χ1v) is 6.51. The van der Waals surface area contributed by atoms with Crippen LogP contribution in [0, 0.1) is 0 Å². The predicted molar refractivity (Wildman–Crippen MR) is 71.2 cm³/mol. The summed E-state index contributed by atoms with van der Waals surface area (Å²) in [7, 11) is 0. The summed E-state index contributed by atoms with van der Waals surface area (Å²) in [5.41, 5.74) is 0.906. The van der Waals surface area contributed by atoms with Gasteiger partial charge >= 0.3 is 0 Å². The molecule has 2 heterocycles. The molecular formula is C13H19N5O. The zero-order valence-corrected chi connectivity index (χ0v) is 11.0. The van der Waals surface area contributed by atoms with Crippen molar-refractivity contribution >= 4 is 5.91 Å². The summed E-state index contributed by atoms with van der Waals surface area (Å²) >= 11 is 0. The zero-order chi connectivity index (χ0) is 13.5. The van der Waals surface area contributed by atoms with Gasteiger partial charge in [-0.05, 0) is 6.42 Å². The van der Waals surface area contributed by atoms with Crippen LogP contribution in [0.25, 0.3) is 0 Å². The van der Waals surface area contributed by atoms with E-state index in [4.69, 9.17) is 0 Å². The van der Waals surface area contributed by atoms with Crippen molar-refractivity contribution in [2.45, 2.75) is 38.8 Å². The number of aromatic nitrogens is 4. The topological polar surface area (TPSA) is 75.6 Å². The Hall–Kier alpha value is -2.11. The van der Waals surface area contributed by atoms with Crippen molar-refractivity contribution in [2.75, 3.05) is 0 Å². The van der Waals surface area contributed by atoms with Crippen molar-refractivity contribution < 1.29 is 4.79 Å². The lowest BCUT2D eigenvalue weighted by molar-refractivity contribution is -0.122. The van der Waals surface area contributed by atoms with E-state index in [-0.39, 0.29) is 11.9 Å². The standard InChI is InChI=1S/C13H19N5O/c1-2-3-12(18-5-4-14-10-18)6-13(19)16-8-11-7-15-9-17-11/h4-5,7,9-10,12H,2-3,6,8H2,1H3,(H,15,17)(H,16,19). The minimum Gasteiger partial charge on any atom is -0.350 e. The monoisotopic (exact) mass is 261 g/mol. The van der Waals surface area contributed by atoms with Crippen LogP contribution in [-0.2, 0) is 11.3 Å². The Kier molecular flexibility index (Phi) is 4.72. The molecule has 2 aromatic rings. The summed E-state index contributed by atoms with van der Waals surface area (Å²) in [4.78, 5) is 22.8. The van der Waals surface area contributed by atoms with Gasteiger partial charge in [-0.1, -0.05) is 13.3 Å². The lowest BCUT2D eigenvalue weighted by atomic mass is 10.1. The minimum atomic E-state index is 0.0433. The smallest absolute Gasteiger partial charge is 0.222 e. The van der Waals surface area contributed by atoms with Crippen LogP contribution in [0.4, 0.5) is 0 Å². The van der Waals surface area contributed by atoms with Gasteiger partial charge in [0, 0.05) is 31.1 Å². The summed E-state index contributed by atoms with van der Waals surface area (Å²) in [5.74, 6) is 0.0433. The summed E-state index contributed by atoms with van der Waals surface area (Å²) in [6, 6.07) is 0.175. The van der Waals surface area contributed by atoms with Gasteiger partial charge < -0.3 is 14.9 Å². The SMILES string of the molecule is CCCC(CC(=O)NCc1cnc[nH]1)n1ccnc1. The molecule has 0 aliphatic rings. The Labute approximate surface area is 112 Å². The lowest BCUT2D eigenvalue weighted by Gasteiger charge is -2.17. The van der Waals surface area contributed by atoms with Gasteiger partial charge in [0.1, 0.15) is 0 Å². The minimum absolute atomic E-state index is 0.0433. The van der Waals surface area contributed by atoms with Crippen LogP contribution < -0.4 is 5.32 Å². The molecule has 0 bridgehead atoms. The number of carbonyl (C=O) groups is 1. The first kappa shape index (κ1) is 13.3. The van der Waals surface area contributed by atoms with E-state index in [1.807, 2.05) is 10.8 Å². The molecule has 1 amide bonds. The van der Waals surface area contributed by atoms with Gasteiger partial charge in [0.15, 0.2) is 0 Å². The quantitative estimate of drug-likeness (QED) is 0.795. The van der Waals surface area contributed by atoms with Crippen LogP contribution in [0.15, 0.2) is 31.2 Å². The van der Waals surface area contributed by atoms with Crippen molar-refractivity contribution in [2.24, 2.45) is 0 Å². The van der Waals surface area contributed by atoms with E-state index in [0.29, 0.717) is 13.0 Å². The van der Waals surface area contributed by atoms with E-state index in [1.165, 1.54) is 0 Å². The van der Waals surface area contributed by atoms with Gasteiger partial charge in [-0.3, -0.25) is 4.79 Å². The Balaban J connectivity index is 1.85. The van der Waals surface area contributed by atoms with Crippen LogP contribution in [0.1, 0.15) is 37.9 Å². The van der Waals surface area contributed by atoms with Gasteiger partial charge in [-0.2, -0.15) is 0 Å². The van der Waals surface area contributed by atoms with E-state index in [2.05, 4.69) is 27.2 Å². The van der Waals surface area contributed by atoms with Crippen LogP contribution in [0.2, 0.25) is 0 Å². The molecule has 0 radical (unpaired) electrons. The second-order valence-electron chi connectivity index (χ2n) is 4.51. The maximum atomic E-state index is 11.9. The van der Waals surface area contributed by atoms with Crippen molar-refractivity contribution in [1.82, 2.24) is 24.8 Å². The molecular weight excluding hydrogens is 242 g/mol. The number of hydrogen-bond donors (Lipinski definition) is 2. The molecule has 2 N–H and O–H groups in total. The molecule has 0 saturated heterocycles. The summed E-state index contributed by atoms with van der Waals surface area (Å²) in [5, 5.41) is 2.89. The number of carbonyl (C=O) groups excluding carboxylic acids is 1.